The number of carbonyl (C=O) groups is 1. The van der Waals surface area contributed by atoms with Crippen molar-refractivity contribution in [3.05, 3.63) is 72.9 Å². The minimum Gasteiger partial charge on any atom is -0.756 e. The van der Waals surface area contributed by atoms with Gasteiger partial charge >= 0.3 is 0 Å². The van der Waals surface area contributed by atoms with Crippen LogP contribution in [0.5, 0.6) is 0 Å². The highest BCUT2D eigenvalue weighted by Gasteiger charge is 2.24. The second-order valence-electron chi connectivity index (χ2n) is 19.9. The van der Waals surface area contributed by atoms with Crippen LogP contribution in [-0.4, -0.2) is 68.5 Å². The molecule has 0 aliphatic heterocycles. The van der Waals surface area contributed by atoms with Crippen molar-refractivity contribution in [3.8, 4) is 0 Å². The molecule has 0 saturated heterocycles. The summed E-state index contributed by atoms with van der Waals surface area (Å²) in [6.45, 7) is 4.60. The molecule has 0 rings (SSSR count). The van der Waals surface area contributed by atoms with Gasteiger partial charge in [0, 0.05) is 6.42 Å². The Morgan fingerprint density at radius 3 is 1.33 bits per heavy atom. The van der Waals surface area contributed by atoms with E-state index in [1.807, 2.05) is 21.1 Å². The number of hydrogen-bond donors (Lipinski definition) is 2. The highest BCUT2D eigenvalue weighted by Crippen LogP contribution is 2.38. The Morgan fingerprint density at radius 1 is 0.537 bits per heavy atom. The molecule has 0 saturated carbocycles. The molecule has 0 aromatic rings. The fraction of sp³-hybridized carbons (Fsp3) is 0.776. The zero-order chi connectivity index (χ0) is 49.2. The Balaban J connectivity index is 4.04. The first-order valence-corrected chi connectivity index (χ1v) is 29.2. The van der Waals surface area contributed by atoms with E-state index < -0.39 is 20.0 Å². The standard InChI is InChI=1S/C58H107N2O6P/c1-6-8-10-12-14-16-18-20-21-22-23-24-25-26-27-28-29-30-31-32-33-34-35-36-37-38-39-40-42-44-46-48-50-52-58(62)59-56(55-66-67(63,64)65-54-53-60(3,4)5)57(61)51-49-47-45-43-41-19-17-15-13-11-9-7-2/h8,10,14,16,20-21,23-24,26-27,29-30,56-57,61H,6-7,9,11-13,15,17-19,22,25,28,31-55H2,1-5H3,(H-,59,62,63,64)/b10-8-,16-14-,21-20-,24-23-,27-26-,30-29-. The van der Waals surface area contributed by atoms with Gasteiger partial charge in [-0.25, -0.2) is 0 Å². The van der Waals surface area contributed by atoms with Crippen molar-refractivity contribution in [3.63, 3.8) is 0 Å². The van der Waals surface area contributed by atoms with E-state index in [-0.39, 0.29) is 19.1 Å². The molecule has 0 aromatic heterocycles. The lowest BCUT2D eigenvalue weighted by Gasteiger charge is -2.30. The molecule has 0 aromatic carbocycles. The molecular weight excluding hydrogens is 852 g/mol. The van der Waals surface area contributed by atoms with E-state index in [1.165, 1.54) is 135 Å². The summed E-state index contributed by atoms with van der Waals surface area (Å²) in [5.41, 5.74) is 0. The van der Waals surface area contributed by atoms with E-state index in [2.05, 4.69) is 92.1 Å². The molecular formula is C58H107N2O6P. The SMILES string of the molecule is CC/C=C\C/C=C\C/C=C\C/C=C\C/C=C\C/C=C\CCCCCCCCCCCCCCCCC(=O)NC(COP(=O)([O-])OCC[N+](C)(C)C)C(O)CCCCCCCCCCCCCC. The fourth-order valence-corrected chi connectivity index (χ4v) is 8.59. The van der Waals surface area contributed by atoms with Crippen LogP contribution in [0.25, 0.3) is 0 Å². The molecule has 1 amide bonds. The Labute approximate surface area is 414 Å². The summed E-state index contributed by atoms with van der Waals surface area (Å²) in [4.78, 5) is 25.4. The molecule has 390 valence electrons. The van der Waals surface area contributed by atoms with Crippen LogP contribution < -0.4 is 10.2 Å². The molecule has 0 aliphatic carbocycles. The van der Waals surface area contributed by atoms with E-state index in [1.54, 1.807) is 0 Å². The van der Waals surface area contributed by atoms with Gasteiger partial charge in [0.15, 0.2) is 0 Å². The van der Waals surface area contributed by atoms with Crippen LogP contribution in [0, 0.1) is 0 Å². The second kappa shape index (κ2) is 48.9. The average molecular weight is 959 g/mol. The molecule has 2 N–H and O–H groups in total. The van der Waals surface area contributed by atoms with Gasteiger partial charge in [-0.1, -0.05) is 241 Å². The largest absolute Gasteiger partial charge is 0.756 e. The topological polar surface area (TPSA) is 108 Å². The minimum absolute atomic E-state index is 0.0104. The highest BCUT2D eigenvalue weighted by molar-refractivity contribution is 7.45. The van der Waals surface area contributed by atoms with Crippen molar-refractivity contribution in [1.82, 2.24) is 5.32 Å². The van der Waals surface area contributed by atoms with Gasteiger partial charge in [-0.05, 0) is 64.2 Å². The van der Waals surface area contributed by atoms with Crippen LogP contribution in [0.15, 0.2) is 72.9 Å². The molecule has 0 spiro atoms. The van der Waals surface area contributed by atoms with Crippen molar-refractivity contribution in [2.24, 2.45) is 0 Å². The molecule has 0 bridgehead atoms. The number of aliphatic hydroxyl groups is 1. The van der Waals surface area contributed by atoms with E-state index >= 15 is 0 Å². The van der Waals surface area contributed by atoms with Gasteiger partial charge in [0.2, 0.25) is 5.91 Å². The summed E-state index contributed by atoms with van der Waals surface area (Å²) >= 11 is 0. The summed E-state index contributed by atoms with van der Waals surface area (Å²) in [7, 11) is 1.30. The van der Waals surface area contributed by atoms with Crippen LogP contribution in [0.3, 0.4) is 0 Å². The predicted octanol–water partition coefficient (Wildman–Crippen LogP) is 16.1. The summed E-state index contributed by atoms with van der Waals surface area (Å²) in [5, 5.41) is 14.0. The van der Waals surface area contributed by atoms with Gasteiger partial charge in [0.25, 0.3) is 7.82 Å². The van der Waals surface area contributed by atoms with Crippen LogP contribution in [-0.2, 0) is 18.4 Å². The summed E-state index contributed by atoms with van der Waals surface area (Å²) < 4.78 is 23.3. The third kappa shape index (κ3) is 51.6. The lowest BCUT2D eigenvalue weighted by Crippen LogP contribution is -2.46. The molecule has 9 heteroatoms. The molecule has 0 radical (unpaired) electrons. The van der Waals surface area contributed by atoms with Gasteiger partial charge in [-0.2, -0.15) is 0 Å². The first kappa shape index (κ1) is 64.9. The van der Waals surface area contributed by atoms with Gasteiger partial charge in [0.1, 0.15) is 13.2 Å². The summed E-state index contributed by atoms with van der Waals surface area (Å²) in [6, 6.07) is -0.802. The Kier molecular flexibility index (Phi) is 47.4. The maximum Gasteiger partial charge on any atom is 0.268 e. The third-order valence-corrected chi connectivity index (χ3v) is 13.2. The number of quaternary nitrogens is 1. The average Bonchev–Trinajstić information content (AvgIpc) is 3.29. The second-order valence-corrected chi connectivity index (χ2v) is 21.3. The van der Waals surface area contributed by atoms with Crippen molar-refractivity contribution >= 4 is 13.7 Å². The van der Waals surface area contributed by atoms with Crippen molar-refractivity contribution in [2.75, 3.05) is 40.9 Å². The van der Waals surface area contributed by atoms with Crippen LogP contribution in [0.1, 0.15) is 239 Å². The third-order valence-electron chi connectivity index (χ3n) is 12.2. The van der Waals surface area contributed by atoms with Crippen molar-refractivity contribution in [1.29, 1.82) is 0 Å². The van der Waals surface area contributed by atoms with E-state index in [4.69, 9.17) is 9.05 Å². The number of nitrogens with zero attached hydrogens (tertiary/aromatic N) is 1. The van der Waals surface area contributed by atoms with Gasteiger partial charge < -0.3 is 28.8 Å². The first-order valence-electron chi connectivity index (χ1n) is 27.8. The summed E-state index contributed by atoms with van der Waals surface area (Å²) in [6.07, 6.45) is 66.5. The number of phosphoric ester groups is 1. The molecule has 0 heterocycles. The normalized spacial score (nSPS) is 14.6. The number of amides is 1. The number of carbonyl (C=O) groups excluding carboxylic acids is 1. The maximum atomic E-state index is 12.9. The zero-order valence-corrected chi connectivity index (χ0v) is 45.2. The number of nitrogens with one attached hydrogen (secondary N) is 1. The van der Waals surface area contributed by atoms with Crippen LogP contribution in [0.4, 0.5) is 0 Å². The lowest BCUT2D eigenvalue weighted by molar-refractivity contribution is -0.870. The van der Waals surface area contributed by atoms with Crippen molar-refractivity contribution in [2.45, 2.75) is 251 Å². The lowest BCUT2D eigenvalue weighted by atomic mass is 10.0. The molecule has 3 unspecified atom stereocenters. The van der Waals surface area contributed by atoms with Crippen molar-refractivity contribution < 1.29 is 32.9 Å². The molecule has 67 heavy (non-hydrogen) atoms. The Hall–Kier alpha value is -2.06. The number of aliphatic hydroxyl groups excluding tert-OH is 1. The monoisotopic (exact) mass is 959 g/mol. The molecule has 3 atom stereocenters. The number of allylic oxidation sites excluding steroid dienone is 12. The maximum absolute atomic E-state index is 12.9. The van der Waals surface area contributed by atoms with E-state index in [0.717, 1.165) is 77.0 Å². The number of hydrogen-bond acceptors (Lipinski definition) is 6. The van der Waals surface area contributed by atoms with Gasteiger partial charge in [0.05, 0.1) is 39.9 Å². The van der Waals surface area contributed by atoms with Gasteiger partial charge in [-0.15, -0.1) is 0 Å². The predicted molar refractivity (Wildman–Crippen MR) is 288 cm³/mol. The quantitative estimate of drug-likeness (QED) is 0.0272. The molecule has 8 nitrogen and oxygen atoms in total. The number of unbranched alkanes of at least 4 members (excludes halogenated alkanes) is 25. The highest BCUT2D eigenvalue weighted by atomic mass is 31.2. The Bertz CT molecular complexity index is 1320. The van der Waals surface area contributed by atoms with E-state index in [0.29, 0.717) is 23.9 Å². The van der Waals surface area contributed by atoms with Crippen LogP contribution >= 0.6 is 7.82 Å². The fourth-order valence-electron chi connectivity index (χ4n) is 7.87. The Morgan fingerprint density at radius 2 is 0.910 bits per heavy atom. The number of phosphoric acid groups is 1. The van der Waals surface area contributed by atoms with Crippen LogP contribution in [0.2, 0.25) is 0 Å². The smallest absolute Gasteiger partial charge is 0.268 e. The number of rotatable bonds is 50. The minimum atomic E-state index is -4.57. The molecule has 0 aliphatic rings. The van der Waals surface area contributed by atoms with Gasteiger partial charge in [-0.3, -0.25) is 9.36 Å². The zero-order valence-electron chi connectivity index (χ0n) is 44.3. The summed E-state index contributed by atoms with van der Waals surface area (Å²) in [5.74, 6) is -0.168. The molecule has 0 fully saturated rings. The van der Waals surface area contributed by atoms with E-state index in [9.17, 15) is 19.4 Å². The number of likely N-dealkylation sites (N-methyl/N-ethyl adjacent to an activating group) is 1. The first-order chi connectivity index (χ1) is 32.5.